The lowest BCUT2D eigenvalue weighted by Crippen LogP contribution is -2.50. The van der Waals surface area contributed by atoms with Gasteiger partial charge < -0.3 is 9.80 Å². The van der Waals surface area contributed by atoms with Crippen molar-refractivity contribution in [3.8, 4) is 0 Å². The molecule has 102 valence electrons. The minimum Gasteiger partial charge on any atom is -0.339 e. The zero-order valence-corrected chi connectivity index (χ0v) is 11.8. The highest BCUT2D eigenvalue weighted by molar-refractivity contribution is 5.95. The summed E-state index contributed by atoms with van der Waals surface area (Å²) in [5.41, 5.74) is 2.94. The normalized spacial score (nSPS) is 15.5. The van der Waals surface area contributed by atoms with Crippen LogP contribution in [0.25, 0.3) is 0 Å². The van der Waals surface area contributed by atoms with Crippen LogP contribution in [0, 0.1) is 13.8 Å². The zero-order valence-electron chi connectivity index (χ0n) is 11.8. The Kier molecular flexibility index (Phi) is 3.88. The average Bonchev–Trinajstić information content (AvgIpc) is 2.38. The summed E-state index contributed by atoms with van der Waals surface area (Å²) in [6.07, 6.45) is 0. The molecule has 4 heteroatoms. The molecule has 19 heavy (non-hydrogen) atoms. The van der Waals surface area contributed by atoms with Gasteiger partial charge in [0.25, 0.3) is 5.91 Å². The maximum absolute atomic E-state index is 12.4. The summed E-state index contributed by atoms with van der Waals surface area (Å²) in [5, 5.41) is 0. The Morgan fingerprint density at radius 1 is 1.00 bits per heavy atom. The van der Waals surface area contributed by atoms with Gasteiger partial charge in [-0.15, -0.1) is 0 Å². The molecular weight excluding hydrogens is 240 g/mol. The SMILES string of the molecule is CC(=O)N1CCN(C(=O)c2ccc(C)cc2C)CC1. The molecule has 1 aromatic carbocycles. The smallest absolute Gasteiger partial charge is 0.254 e. The lowest BCUT2D eigenvalue weighted by atomic mass is 10.0. The van der Waals surface area contributed by atoms with E-state index in [0.29, 0.717) is 26.2 Å². The molecule has 0 spiro atoms. The maximum atomic E-state index is 12.4. The fourth-order valence-electron chi connectivity index (χ4n) is 2.45. The van der Waals surface area contributed by atoms with E-state index in [1.807, 2.05) is 36.9 Å². The first kappa shape index (κ1) is 13.6. The van der Waals surface area contributed by atoms with Gasteiger partial charge in [0, 0.05) is 38.7 Å². The first-order valence-corrected chi connectivity index (χ1v) is 6.61. The molecule has 1 aliphatic rings. The summed E-state index contributed by atoms with van der Waals surface area (Å²) in [6.45, 7) is 8.05. The van der Waals surface area contributed by atoms with Gasteiger partial charge >= 0.3 is 0 Å². The molecular formula is C15H20N2O2. The molecule has 4 nitrogen and oxygen atoms in total. The Labute approximate surface area is 114 Å². The molecule has 2 rings (SSSR count). The van der Waals surface area contributed by atoms with Crippen LogP contribution in [0.1, 0.15) is 28.4 Å². The Hall–Kier alpha value is -1.84. The third-order valence-corrected chi connectivity index (χ3v) is 3.62. The molecule has 0 bridgehead atoms. The Morgan fingerprint density at radius 3 is 2.11 bits per heavy atom. The van der Waals surface area contributed by atoms with Gasteiger partial charge in [-0.05, 0) is 25.5 Å². The summed E-state index contributed by atoms with van der Waals surface area (Å²) >= 11 is 0. The topological polar surface area (TPSA) is 40.6 Å². The summed E-state index contributed by atoms with van der Waals surface area (Å²) in [6, 6.07) is 5.88. The molecule has 1 fully saturated rings. The third-order valence-electron chi connectivity index (χ3n) is 3.62. The van der Waals surface area contributed by atoms with Crippen LogP contribution in [0.3, 0.4) is 0 Å². The molecule has 0 saturated carbocycles. The largest absolute Gasteiger partial charge is 0.339 e. The average molecular weight is 260 g/mol. The van der Waals surface area contributed by atoms with Crippen LogP contribution in [0.4, 0.5) is 0 Å². The number of benzene rings is 1. The summed E-state index contributed by atoms with van der Waals surface area (Å²) in [7, 11) is 0. The molecule has 2 amide bonds. The number of aryl methyl sites for hydroxylation is 2. The van der Waals surface area contributed by atoms with Crippen molar-refractivity contribution < 1.29 is 9.59 Å². The van der Waals surface area contributed by atoms with Crippen LogP contribution in [-0.2, 0) is 4.79 Å². The van der Waals surface area contributed by atoms with Gasteiger partial charge in [0.05, 0.1) is 0 Å². The van der Waals surface area contributed by atoms with Gasteiger partial charge in [-0.25, -0.2) is 0 Å². The number of carbonyl (C=O) groups excluding carboxylic acids is 2. The molecule has 0 aliphatic carbocycles. The van der Waals surface area contributed by atoms with Crippen molar-refractivity contribution in [1.82, 2.24) is 9.80 Å². The highest BCUT2D eigenvalue weighted by Gasteiger charge is 2.23. The molecule has 1 aliphatic heterocycles. The second kappa shape index (κ2) is 5.43. The quantitative estimate of drug-likeness (QED) is 0.769. The van der Waals surface area contributed by atoms with Crippen molar-refractivity contribution in [3.05, 3.63) is 34.9 Å². The summed E-state index contributed by atoms with van der Waals surface area (Å²) in [5.74, 6) is 0.152. The lowest BCUT2D eigenvalue weighted by molar-refractivity contribution is -0.130. The Bertz CT molecular complexity index is 503. The van der Waals surface area contributed by atoms with E-state index in [2.05, 4.69) is 0 Å². The number of carbonyl (C=O) groups is 2. The van der Waals surface area contributed by atoms with Gasteiger partial charge in [-0.1, -0.05) is 17.7 Å². The molecule has 1 heterocycles. The van der Waals surface area contributed by atoms with E-state index in [1.54, 1.807) is 11.8 Å². The zero-order chi connectivity index (χ0) is 14.0. The van der Waals surface area contributed by atoms with E-state index >= 15 is 0 Å². The van der Waals surface area contributed by atoms with E-state index in [9.17, 15) is 9.59 Å². The van der Waals surface area contributed by atoms with Gasteiger partial charge in [-0.2, -0.15) is 0 Å². The first-order valence-electron chi connectivity index (χ1n) is 6.61. The molecule has 0 aromatic heterocycles. The van der Waals surface area contributed by atoms with Gasteiger partial charge in [0.1, 0.15) is 0 Å². The van der Waals surface area contributed by atoms with Crippen molar-refractivity contribution in [3.63, 3.8) is 0 Å². The monoisotopic (exact) mass is 260 g/mol. The molecule has 1 saturated heterocycles. The van der Waals surface area contributed by atoms with Crippen molar-refractivity contribution in [2.24, 2.45) is 0 Å². The molecule has 0 N–H and O–H groups in total. The van der Waals surface area contributed by atoms with E-state index in [4.69, 9.17) is 0 Å². The highest BCUT2D eigenvalue weighted by atomic mass is 16.2. The predicted molar refractivity (Wildman–Crippen MR) is 74.1 cm³/mol. The predicted octanol–water partition coefficient (Wildman–Crippen LogP) is 1.61. The standard InChI is InChI=1S/C15H20N2O2/c1-11-4-5-14(12(2)10-11)15(19)17-8-6-16(7-9-17)13(3)18/h4-5,10H,6-9H2,1-3H3. The second-order valence-corrected chi connectivity index (χ2v) is 5.12. The number of nitrogens with zero attached hydrogens (tertiary/aromatic N) is 2. The van der Waals surface area contributed by atoms with Crippen LogP contribution in [-0.4, -0.2) is 47.8 Å². The van der Waals surface area contributed by atoms with Crippen molar-refractivity contribution >= 4 is 11.8 Å². The number of hydrogen-bond donors (Lipinski definition) is 0. The highest BCUT2D eigenvalue weighted by Crippen LogP contribution is 2.14. The van der Waals surface area contributed by atoms with Gasteiger partial charge in [-0.3, -0.25) is 9.59 Å². The van der Waals surface area contributed by atoms with Crippen LogP contribution in [0.15, 0.2) is 18.2 Å². The van der Waals surface area contributed by atoms with E-state index in [1.165, 1.54) is 0 Å². The Morgan fingerprint density at radius 2 is 1.58 bits per heavy atom. The van der Waals surface area contributed by atoms with E-state index < -0.39 is 0 Å². The van der Waals surface area contributed by atoms with Gasteiger partial charge in [0.2, 0.25) is 5.91 Å². The Balaban J connectivity index is 2.07. The minimum absolute atomic E-state index is 0.0701. The van der Waals surface area contributed by atoms with Crippen LogP contribution in [0.5, 0.6) is 0 Å². The van der Waals surface area contributed by atoms with Crippen molar-refractivity contribution in [2.45, 2.75) is 20.8 Å². The second-order valence-electron chi connectivity index (χ2n) is 5.12. The van der Waals surface area contributed by atoms with Crippen LogP contribution >= 0.6 is 0 Å². The molecule has 0 atom stereocenters. The van der Waals surface area contributed by atoms with Crippen LogP contribution in [0.2, 0.25) is 0 Å². The summed E-state index contributed by atoms with van der Waals surface area (Å²) in [4.78, 5) is 27.3. The number of piperazine rings is 1. The van der Waals surface area contributed by atoms with Gasteiger partial charge in [0.15, 0.2) is 0 Å². The molecule has 0 unspecified atom stereocenters. The number of rotatable bonds is 1. The van der Waals surface area contributed by atoms with Crippen molar-refractivity contribution in [2.75, 3.05) is 26.2 Å². The van der Waals surface area contributed by atoms with Crippen molar-refractivity contribution in [1.29, 1.82) is 0 Å². The fourth-order valence-corrected chi connectivity index (χ4v) is 2.45. The van der Waals surface area contributed by atoms with E-state index in [0.717, 1.165) is 16.7 Å². The minimum atomic E-state index is 0.0701. The fraction of sp³-hybridized carbons (Fsp3) is 0.467. The molecule has 0 radical (unpaired) electrons. The summed E-state index contributed by atoms with van der Waals surface area (Å²) < 4.78 is 0. The first-order chi connectivity index (χ1) is 8.99. The maximum Gasteiger partial charge on any atom is 0.254 e. The number of hydrogen-bond acceptors (Lipinski definition) is 2. The third kappa shape index (κ3) is 2.95. The molecule has 1 aromatic rings. The van der Waals surface area contributed by atoms with E-state index in [-0.39, 0.29) is 11.8 Å². The van der Waals surface area contributed by atoms with Crippen LogP contribution < -0.4 is 0 Å². The number of amides is 2. The lowest BCUT2D eigenvalue weighted by Gasteiger charge is -2.34.